The van der Waals surface area contributed by atoms with Crippen molar-refractivity contribution in [3.8, 4) is 0 Å². The molecule has 1 N–H and O–H groups in total. The summed E-state index contributed by atoms with van der Waals surface area (Å²) < 4.78 is 10.6. The van der Waals surface area contributed by atoms with E-state index < -0.39 is 0 Å². The van der Waals surface area contributed by atoms with Crippen LogP contribution in [0.4, 0.5) is 0 Å². The molecule has 1 rings (SSSR count). The lowest BCUT2D eigenvalue weighted by Gasteiger charge is -2.33. The molecule has 17 heavy (non-hydrogen) atoms. The fraction of sp³-hybridized carbons (Fsp3) is 1.00. The van der Waals surface area contributed by atoms with Gasteiger partial charge in [-0.15, -0.1) is 0 Å². The van der Waals surface area contributed by atoms with E-state index in [1.54, 1.807) is 7.11 Å². The standard InChI is InChI=1S/C13H27NO3/c1-12(2)8-14(5-7-16-3)9-13(10-15)4-6-17-11-13/h12,15H,4-11H2,1-3H3. The summed E-state index contributed by atoms with van der Waals surface area (Å²) in [6.07, 6.45) is 0.963. The Bertz CT molecular complexity index is 203. The zero-order valence-corrected chi connectivity index (χ0v) is 11.4. The minimum absolute atomic E-state index is 0.0529. The molecular weight excluding hydrogens is 218 g/mol. The lowest BCUT2D eigenvalue weighted by atomic mass is 9.87. The van der Waals surface area contributed by atoms with Gasteiger partial charge in [-0.05, 0) is 12.3 Å². The highest BCUT2D eigenvalue weighted by Crippen LogP contribution is 2.29. The fourth-order valence-electron chi connectivity index (χ4n) is 2.39. The van der Waals surface area contributed by atoms with Gasteiger partial charge in [0.25, 0.3) is 0 Å². The Morgan fingerprint density at radius 3 is 2.71 bits per heavy atom. The van der Waals surface area contributed by atoms with Crippen molar-refractivity contribution in [1.82, 2.24) is 4.90 Å². The van der Waals surface area contributed by atoms with Crippen LogP contribution < -0.4 is 0 Å². The smallest absolute Gasteiger partial charge is 0.0589 e. The second kappa shape index (κ2) is 7.31. The lowest BCUT2D eigenvalue weighted by molar-refractivity contribution is 0.0427. The van der Waals surface area contributed by atoms with Crippen LogP contribution in [0.1, 0.15) is 20.3 Å². The van der Waals surface area contributed by atoms with Gasteiger partial charge in [0, 0.05) is 38.8 Å². The molecule has 0 aromatic heterocycles. The van der Waals surface area contributed by atoms with E-state index in [0.29, 0.717) is 12.5 Å². The van der Waals surface area contributed by atoms with Crippen molar-refractivity contribution < 1.29 is 14.6 Å². The predicted molar refractivity (Wildman–Crippen MR) is 68.1 cm³/mol. The summed E-state index contributed by atoms with van der Waals surface area (Å²) >= 11 is 0. The average Bonchev–Trinajstić information content (AvgIpc) is 2.74. The predicted octanol–water partition coefficient (Wildman–Crippen LogP) is 0.990. The molecule has 102 valence electrons. The lowest BCUT2D eigenvalue weighted by Crippen LogP contribution is -2.43. The quantitative estimate of drug-likeness (QED) is 0.692. The van der Waals surface area contributed by atoms with Gasteiger partial charge in [0.05, 0.1) is 19.8 Å². The van der Waals surface area contributed by atoms with Crippen LogP contribution in [0.25, 0.3) is 0 Å². The van der Waals surface area contributed by atoms with Crippen LogP contribution in [0, 0.1) is 11.3 Å². The molecule has 4 heteroatoms. The summed E-state index contributed by atoms with van der Waals surface area (Å²) in [6.45, 7) is 9.74. The average molecular weight is 245 g/mol. The van der Waals surface area contributed by atoms with Crippen LogP contribution in [0.2, 0.25) is 0 Å². The topological polar surface area (TPSA) is 41.9 Å². The van der Waals surface area contributed by atoms with Gasteiger partial charge in [-0.2, -0.15) is 0 Å². The van der Waals surface area contributed by atoms with Crippen molar-refractivity contribution in [2.75, 3.05) is 53.2 Å². The molecule has 1 saturated heterocycles. The number of rotatable bonds is 8. The summed E-state index contributed by atoms with van der Waals surface area (Å²) in [5.41, 5.74) is -0.0529. The highest BCUT2D eigenvalue weighted by Gasteiger charge is 2.36. The Hall–Kier alpha value is -0.160. The zero-order valence-electron chi connectivity index (χ0n) is 11.4. The van der Waals surface area contributed by atoms with Gasteiger partial charge in [0.15, 0.2) is 0 Å². The van der Waals surface area contributed by atoms with E-state index >= 15 is 0 Å². The number of aliphatic hydroxyl groups excluding tert-OH is 1. The number of hydrogen-bond donors (Lipinski definition) is 1. The Kier molecular flexibility index (Phi) is 6.41. The molecule has 0 bridgehead atoms. The molecule has 1 unspecified atom stereocenters. The highest BCUT2D eigenvalue weighted by atomic mass is 16.5. The molecule has 0 aliphatic carbocycles. The highest BCUT2D eigenvalue weighted by molar-refractivity contribution is 4.86. The zero-order chi connectivity index (χ0) is 12.7. The third kappa shape index (κ3) is 4.92. The van der Waals surface area contributed by atoms with E-state index in [-0.39, 0.29) is 12.0 Å². The van der Waals surface area contributed by atoms with Crippen molar-refractivity contribution in [3.63, 3.8) is 0 Å². The Morgan fingerprint density at radius 1 is 1.47 bits per heavy atom. The van der Waals surface area contributed by atoms with Gasteiger partial charge in [-0.1, -0.05) is 13.8 Å². The van der Waals surface area contributed by atoms with Crippen molar-refractivity contribution in [2.24, 2.45) is 11.3 Å². The first-order valence-electron chi connectivity index (χ1n) is 6.52. The SMILES string of the molecule is COCCN(CC(C)C)CC1(CO)CCOC1. The molecule has 0 spiro atoms. The summed E-state index contributed by atoms with van der Waals surface area (Å²) in [7, 11) is 1.73. The molecule has 1 atom stereocenters. The molecule has 0 amide bonds. The number of hydrogen-bond acceptors (Lipinski definition) is 4. The van der Waals surface area contributed by atoms with E-state index in [9.17, 15) is 5.11 Å². The molecule has 1 fully saturated rings. The molecule has 0 saturated carbocycles. The third-order valence-corrected chi connectivity index (χ3v) is 3.31. The van der Waals surface area contributed by atoms with Crippen LogP contribution in [-0.4, -0.2) is 63.2 Å². The maximum Gasteiger partial charge on any atom is 0.0589 e. The van der Waals surface area contributed by atoms with Crippen LogP contribution in [-0.2, 0) is 9.47 Å². The third-order valence-electron chi connectivity index (χ3n) is 3.31. The summed E-state index contributed by atoms with van der Waals surface area (Å²) in [4.78, 5) is 2.39. The van der Waals surface area contributed by atoms with Crippen molar-refractivity contribution >= 4 is 0 Å². The Morgan fingerprint density at radius 2 is 2.24 bits per heavy atom. The van der Waals surface area contributed by atoms with E-state index in [2.05, 4.69) is 18.7 Å². The van der Waals surface area contributed by atoms with Crippen molar-refractivity contribution in [2.45, 2.75) is 20.3 Å². The maximum absolute atomic E-state index is 9.59. The second-order valence-electron chi connectivity index (χ2n) is 5.58. The first-order chi connectivity index (χ1) is 8.12. The second-order valence-corrected chi connectivity index (χ2v) is 5.58. The largest absolute Gasteiger partial charge is 0.396 e. The van der Waals surface area contributed by atoms with Crippen LogP contribution in [0.5, 0.6) is 0 Å². The van der Waals surface area contributed by atoms with Gasteiger partial charge in [-0.25, -0.2) is 0 Å². The van der Waals surface area contributed by atoms with Crippen LogP contribution >= 0.6 is 0 Å². The van der Waals surface area contributed by atoms with Gasteiger partial charge in [0.1, 0.15) is 0 Å². The molecular formula is C13H27NO3. The van der Waals surface area contributed by atoms with Crippen LogP contribution in [0.3, 0.4) is 0 Å². The van der Waals surface area contributed by atoms with Gasteiger partial charge >= 0.3 is 0 Å². The van der Waals surface area contributed by atoms with Crippen molar-refractivity contribution in [3.05, 3.63) is 0 Å². The number of methoxy groups -OCH3 is 1. The van der Waals surface area contributed by atoms with E-state index in [1.807, 2.05) is 0 Å². The first-order valence-corrected chi connectivity index (χ1v) is 6.52. The maximum atomic E-state index is 9.59. The molecule has 0 aromatic carbocycles. The Balaban J connectivity index is 2.50. The molecule has 1 aliphatic heterocycles. The number of aliphatic hydroxyl groups is 1. The van der Waals surface area contributed by atoms with Gasteiger partial charge in [0.2, 0.25) is 0 Å². The van der Waals surface area contributed by atoms with Gasteiger partial charge < -0.3 is 19.5 Å². The Labute approximate surface area is 105 Å². The minimum Gasteiger partial charge on any atom is -0.396 e. The molecule has 1 aliphatic rings. The fourth-order valence-corrected chi connectivity index (χ4v) is 2.39. The monoisotopic (exact) mass is 245 g/mol. The minimum atomic E-state index is -0.0529. The van der Waals surface area contributed by atoms with Crippen LogP contribution in [0.15, 0.2) is 0 Å². The number of ether oxygens (including phenoxy) is 2. The van der Waals surface area contributed by atoms with E-state index in [0.717, 1.165) is 39.3 Å². The normalized spacial score (nSPS) is 25.1. The molecule has 4 nitrogen and oxygen atoms in total. The first kappa shape index (κ1) is 14.9. The summed E-state index contributed by atoms with van der Waals surface area (Å²) in [5.74, 6) is 0.630. The molecule has 1 heterocycles. The van der Waals surface area contributed by atoms with E-state index in [4.69, 9.17) is 9.47 Å². The number of nitrogens with zero attached hydrogens (tertiary/aromatic N) is 1. The molecule has 0 aromatic rings. The molecule has 0 radical (unpaired) electrons. The van der Waals surface area contributed by atoms with Crippen molar-refractivity contribution in [1.29, 1.82) is 0 Å². The summed E-state index contributed by atoms with van der Waals surface area (Å²) in [6, 6.07) is 0. The van der Waals surface area contributed by atoms with E-state index in [1.165, 1.54) is 0 Å². The van der Waals surface area contributed by atoms with Gasteiger partial charge in [-0.3, -0.25) is 0 Å². The summed E-state index contributed by atoms with van der Waals surface area (Å²) in [5, 5.41) is 9.59.